The Balaban J connectivity index is 1.53. The third-order valence-corrected chi connectivity index (χ3v) is 6.41. The predicted molar refractivity (Wildman–Crippen MR) is 154 cm³/mol. The van der Waals surface area contributed by atoms with E-state index in [1.165, 1.54) is 24.2 Å². The molecule has 0 aliphatic carbocycles. The van der Waals surface area contributed by atoms with Crippen LogP contribution in [-0.4, -0.2) is 68.4 Å². The molecular formula is C27H26ClN9O5. The summed E-state index contributed by atoms with van der Waals surface area (Å²) >= 11 is 6.20. The maximum atomic E-state index is 13.3. The van der Waals surface area contributed by atoms with Gasteiger partial charge in [-0.15, -0.1) is 5.10 Å². The summed E-state index contributed by atoms with van der Waals surface area (Å²) in [6.45, 7) is 0.862. The van der Waals surface area contributed by atoms with Crippen LogP contribution in [0.1, 0.15) is 24.2 Å². The summed E-state index contributed by atoms with van der Waals surface area (Å²) < 4.78 is 11.8. The van der Waals surface area contributed by atoms with Gasteiger partial charge in [-0.05, 0) is 53.3 Å². The first-order chi connectivity index (χ1) is 20.4. The van der Waals surface area contributed by atoms with Crippen molar-refractivity contribution in [2.75, 3.05) is 36.3 Å². The first-order valence-corrected chi connectivity index (χ1v) is 13.2. The Hall–Kier alpha value is -5.08. The van der Waals surface area contributed by atoms with Gasteiger partial charge in [0.05, 0.1) is 42.7 Å². The second kappa shape index (κ2) is 13.1. The molecule has 3 amide bonds. The van der Waals surface area contributed by atoms with Gasteiger partial charge in [-0.3, -0.25) is 14.9 Å². The summed E-state index contributed by atoms with van der Waals surface area (Å²) in [5.41, 5.74) is 3.13. The van der Waals surface area contributed by atoms with Crippen LogP contribution in [0.4, 0.5) is 21.9 Å². The number of fused-ring (bicyclic) bond motifs is 4. The molecule has 0 saturated carbocycles. The second-order valence-corrected chi connectivity index (χ2v) is 9.54. The van der Waals surface area contributed by atoms with Crippen molar-refractivity contribution in [1.82, 2.24) is 30.2 Å². The topological polar surface area (TPSA) is 178 Å². The maximum Gasteiger partial charge on any atom is 0.411 e. The summed E-state index contributed by atoms with van der Waals surface area (Å²) in [6.07, 6.45) is 6.47. The highest BCUT2D eigenvalue weighted by atomic mass is 35.5. The van der Waals surface area contributed by atoms with Gasteiger partial charge in [0, 0.05) is 47.4 Å². The van der Waals surface area contributed by atoms with Gasteiger partial charge in [-0.1, -0.05) is 11.6 Å². The molecule has 2 bridgehead atoms. The van der Waals surface area contributed by atoms with E-state index < -0.39 is 12.0 Å². The largest absolute Gasteiger partial charge is 0.453 e. The minimum Gasteiger partial charge on any atom is -0.453 e. The van der Waals surface area contributed by atoms with E-state index >= 15 is 0 Å². The van der Waals surface area contributed by atoms with Crippen LogP contribution in [-0.2, 0) is 25.5 Å². The Morgan fingerprint density at radius 2 is 2.05 bits per heavy atom. The molecule has 4 N–H and O–H groups in total. The zero-order chi connectivity index (χ0) is 29.5. The summed E-state index contributed by atoms with van der Waals surface area (Å²) in [7, 11) is 1.23. The predicted octanol–water partition coefficient (Wildman–Crippen LogP) is 3.83. The number of methoxy groups -OCH3 is 1. The van der Waals surface area contributed by atoms with E-state index in [0.29, 0.717) is 70.8 Å². The zero-order valence-electron chi connectivity index (χ0n) is 22.4. The molecule has 2 aromatic carbocycles. The highest BCUT2D eigenvalue weighted by Gasteiger charge is 2.20. The summed E-state index contributed by atoms with van der Waals surface area (Å²) in [6, 6.07) is 8.22. The first-order valence-electron chi connectivity index (χ1n) is 12.9. The third-order valence-electron chi connectivity index (χ3n) is 6.18. The number of hydrogen-bond donors (Lipinski definition) is 4. The molecule has 42 heavy (non-hydrogen) atoms. The van der Waals surface area contributed by atoms with Gasteiger partial charge in [-0.2, -0.15) is 4.68 Å². The Kier molecular flexibility index (Phi) is 8.84. The van der Waals surface area contributed by atoms with E-state index in [9.17, 15) is 14.4 Å². The molecule has 3 heterocycles. The highest BCUT2D eigenvalue weighted by Crippen LogP contribution is 2.38. The lowest BCUT2D eigenvalue weighted by molar-refractivity contribution is -0.116. The van der Waals surface area contributed by atoms with Crippen molar-refractivity contribution in [2.45, 2.75) is 19.3 Å². The molecule has 0 atom stereocenters. The Labute approximate surface area is 244 Å². The van der Waals surface area contributed by atoms with Crippen LogP contribution >= 0.6 is 11.6 Å². The number of rotatable bonds is 5. The van der Waals surface area contributed by atoms with Crippen molar-refractivity contribution in [3.05, 3.63) is 65.3 Å². The Morgan fingerprint density at radius 1 is 1.17 bits per heavy atom. The molecule has 0 spiro atoms. The SMILES string of the molecule is COC(=O)Nc1cc(NC(=O)C=Cc2cc(Cl)ccc2-n2cnnn2)c2c(c1)NC(=O)CCCOCCc1ncc-2[nH]1. The fourth-order valence-corrected chi connectivity index (χ4v) is 4.47. The number of ether oxygens (including phenoxy) is 2. The maximum absolute atomic E-state index is 13.3. The number of carbonyl (C=O) groups excluding carboxylic acids is 3. The second-order valence-electron chi connectivity index (χ2n) is 9.10. The van der Waals surface area contributed by atoms with E-state index in [1.807, 2.05) is 0 Å². The number of hydrogen-bond acceptors (Lipinski definition) is 9. The zero-order valence-corrected chi connectivity index (χ0v) is 23.1. The number of H-pyrrole nitrogens is 1. The molecular weight excluding hydrogens is 566 g/mol. The summed E-state index contributed by atoms with van der Waals surface area (Å²) in [4.78, 5) is 45.8. The van der Waals surface area contributed by atoms with Crippen LogP contribution in [0.2, 0.25) is 5.02 Å². The van der Waals surface area contributed by atoms with E-state index in [1.54, 1.807) is 42.6 Å². The number of anilines is 3. The fraction of sp³-hybridized carbons (Fsp3) is 0.222. The van der Waals surface area contributed by atoms with Gasteiger partial charge >= 0.3 is 6.09 Å². The minimum atomic E-state index is -0.722. The number of aromatic amines is 1. The van der Waals surface area contributed by atoms with Gasteiger partial charge in [-0.25, -0.2) is 9.78 Å². The molecule has 4 aromatic rings. The van der Waals surface area contributed by atoms with Gasteiger partial charge in [0.25, 0.3) is 0 Å². The molecule has 1 aliphatic heterocycles. The molecule has 0 fully saturated rings. The van der Waals surface area contributed by atoms with Gasteiger partial charge in [0.15, 0.2) is 0 Å². The average molecular weight is 592 g/mol. The van der Waals surface area contributed by atoms with E-state index in [4.69, 9.17) is 21.1 Å². The molecule has 1 aliphatic rings. The van der Waals surface area contributed by atoms with Gasteiger partial charge in [0.1, 0.15) is 12.2 Å². The molecule has 216 valence electrons. The van der Waals surface area contributed by atoms with E-state index in [2.05, 4.69) is 41.4 Å². The molecule has 14 nitrogen and oxygen atoms in total. The lowest BCUT2D eigenvalue weighted by Crippen LogP contribution is -2.17. The number of carbonyl (C=O) groups is 3. The van der Waals surface area contributed by atoms with Crippen molar-refractivity contribution in [3.8, 4) is 16.9 Å². The lowest BCUT2D eigenvalue weighted by Gasteiger charge is -2.18. The molecule has 0 unspecified atom stereocenters. The normalized spacial score (nSPS) is 13.7. The average Bonchev–Trinajstić information content (AvgIpc) is 3.66. The first kappa shape index (κ1) is 28.4. The molecule has 0 saturated heterocycles. The van der Waals surface area contributed by atoms with Crippen LogP contribution in [0, 0.1) is 0 Å². The number of imidazole rings is 1. The van der Waals surface area contributed by atoms with Crippen LogP contribution < -0.4 is 16.0 Å². The number of tetrazole rings is 1. The van der Waals surface area contributed by atoms with Crippen LogP contribution in [0.25, 0.3) is 23.0 Å². The number of benzene rings is 2. The Morgan fingerprint density at radius 3 is 2.86 bits per heavy atom. The van der Waals surface area contributed by atoms with Crippen LogP contribution in [0.3, 0.4) is 0 Å². The number of halogens is 1. The summed E-state index contributed by atoms with van der Waals surface area (Å²) in [5.74, 6) is -0.0914. The minimum absolute atomic E-state index is 0.217. The fourth-order valence-electron chi connectivity index (χ4n) is 4.28. The number of nitrogens with one attached hydrogen (secondary N) is 4. The standard InChI is InChI=1S/C27H26ClN9O5/c1-41-27(40)31-18-12-19-26(21-14-29-23(32-21)8-10-42-9-2-3-24(38)33-19)20(13-18)34-25(39)7-4-16-11-17(28)5-6-22(16)37-15-30-35-36-37/h4-7,11-15H,2-3,8-10H2,1H3,(H,29,32)(H,31,40)(H,33,38)(H,34,39). The van der Waals surface area contributed by atoms with Crippen LogP contribution in [0.5, 0.6) is 0 Å². The van der Waals surface area contributed by atoms with Crippen LogP contribution in [0.15, 0.2) is 48.9 Å². The van der Waals surface area contributed by atoms with Crippen molar-refractivity contribution < 1.29 is 23.9 Å². The summed E-state index contributed by atoms with van der Waals surface area (Å²) in [5, 5.41) is 20.0. The van der Waals surface area contributed by atoms with Crippen molar-refractivity contribution in [3.63, 3.8) is 0 Å². The quantitative estimate of drug-likeness (QED) is 0.251. The smallest absolute Gasteiger partial charge is 0.411 e. The van der Waals surface area contributed by atoms with Crippen molar-refractivity contribution >= 4 is 52.6 Å². The Bertz CT molecular complexity index is 1630. The molecule has 2 aromatic heterocycles. The van der Waals surface area contributed by atoms with Gasteiger partial charge < -0.3 is 25.1 Å². The third kappa shape index (κ3) is 6.97. The highest BCUT2D eigenvalue weighted by molar-refractivity contribution is 6.30. The van der Waals surface area contributed by atoms with Gasteiger partial charge in [0.2, 0.25) is 11.8 Å². The number of nitrogens with zero attached hydrogens (tertiary/aromatic N) is 5. The van der Waals surface area contributed by atoms with E-state index in [-0.39, 0.29) is 18.0 Å². The molecule has 0 radical (unpaired) electrons. The van der Waals surface area contributed by atoms with Crippen molar-refractivity contribution in [1.29, 1.82) is 0 Å². The number of amides is 3. The van der Waals surface area contributed by atoms with E-state index in [0.717, 1.165) is 0 Å². The molecule has 15 heteroatoms. The monoisotopic (exact) mass is 591 g/mol. The lowest BCUT2D eigenvalue weighted by atomic mass is 10.0. The van der Waals surface area contributed by atoms with Crippen molar-refractivity contribution in [2.24, 2.45) is 0 Å². The number of aromatic nitrogens is 6. The molecule has 5 rings (SSSR count).